The number of hydrogen-bond donors (Lipinski definition) is 1. The number of nitrogens with two attached hydrogens (primary N) is 1. The molecular formula is C17H24N2O2. The highest BCUT2D eigenvalue weighted by atomic mass is 16.5. The number of likely N-dealkylation sites (N-methyl/N-ethyl adjacent to an activating group) is 1. The second-order valence-corrected chi connectivity index (χ2v) is 6.12. The van der Waals surface area contributed by atoms with Crippen molar-refractivity contribution in [1.82, 2.24) is 4.90 Å². The second-order valence-electron chi connectivity index (χ2n) is 6.12. The first-order valence-corrected chi connectivity index (χ1v) is 7.90. The molecule has 1 saturated heterocycles. The zero-order chi connectivity index (χ0) is 14.8. The highest BCUT2D eigenvalue weighted by Gasteiger charge is 2.35. The van der Waals surface area contributed by atoms with Crippen LogP contribution in [0.3, 0.4) is 0 Å². The van der Waals surface area contributed by atoms with Crippen LogP contribution in [0.25, 0.3) is 0 Å². The van der Waals surface area contributed by atoms with Gasteiger partial charge in [-0.3, -0.25) is 4.79 Å². The first kappa shape index (κ1) is 14.5. The molecule has 1 aromatic rings. The summed E-state index contributed by atoms with van der Waals surface area (Å²) in [6, 6.07) is 8.65. The van der Waals surface area contributed by atoms with E-state index in [0.717, 1.165) is 32.1 Å². The van der Waals surface area contributed by atoms with Gasteiger partial charge in [-0.15, -0.1) is 0 Å². The summed E-state index contributed by atoms with van der Waals surface area (Å²) < 4.78 is 5.76. The minimum atomic E-state index is -0.308. The molecule has 114 valence electrons. The van der Waals surface area contributed by atoms with E-state index in [4.69, 9.17) is 10.5 Å². The summed E-state index contributed by atoms with van der Waals surface area (Å²) in [5.41, 5.74) is 8.30. The standard InChI is InChI=1S/C17H24N2O2/c1-19(17(20)16-10-9-13(11-18)21-16)15-8-4-6-12-5-2-3-7-14(12)15/h2-3,5,7,13,15-16H,4,6,8-11,18H2,1H3. The van der Waals surface area contributed by atoms with E-state index >= 15 is 0 Å². The molecule has 1 aliphatic carbocycles. The maximum absolute atomic E-state index is 12.7. The van der Waals surface area contributed by atoms with Gasteiger partial charge in [-0.05, 0) is 43.2 Å². The van der Waals surface area contributed by atoms with E-state index in [2.05, 4.69) is 24.3 Å². The van der Waals surface area contributed by atoms with Gasteiger partial charge < -0.3 is 15.4 Å². The van der Waals surface area contributed by atoms with Crippen molar-refractivity contribution in [2.24, 2.45) is 5.73 Å². The van der Waals surface area contributed by atoms with Crippen LogP contribution < -0.4 is 5.73 Å². The highest BCUT2D eigenvalue weighted by molar-refractivity contribution is 5.81. The van der Waals surface area contributed by atoms with Crippen LogP contribution in [-0.2, 0) is 16.0 Å². The Morgan fingerprint density at radius 3 is 2.90 bits per heavy atom. The molecule has 1 heterocycles. The number of fused-ring (bicyclic) bond motifs is 1. The summed E-state index contributed by atoms with van der Waals surface area (Å²) in [6.07, 6.45) is 4.71. The number of carbonyl (C=O) groups excluding carboxylic acids is 1. The van der Waals surface area contributed by atoms with E-state index in [1.54, 1.807) is 0 Å². The van der Waals surface area contributed by atoms with Crippen molar-refractivity contribution in [3.8, 4) is 0 Å². The van der Waals surface area contributed by atoms with Crippen molar-refractivity contribution in [1.29, 1.82) is 0 Å². The molecule has 2 N–H and O–H groups in total. The van der Waals surface area contributed by atoms with Crippen molar-refractivity contribution < 1.29 is 9.53 Å². The number of aryl methyl sites for hydroxylation is 1. The van der Waals surface area contributed by atoms with Crippen LogP contribution in [0.1, 0.15) is 42.9 Å². The van der Waals surface area contributed by atoms with E-state index in [0.29, 0.717) is 6.54 Å². The third-order valence-electron chi connectivity index (χ3n) is 4.80. The zero-order valence-corrected chi connectivity index (χ0v) is 12.6. The Kier molecular flexibility index (Phi) is 4.27. The Morgan fingerprint density at radius 1 is 1.33 bits per heavy atom. The van der Waals surface area contributed by atoms with Crippen molar-refractivity contribution in [3.63, 3.8) is 0 Å². The summed E-state index contributed by atoms with van der Waals surface area (Å²) in [4.78, 5) is 14.6. The minimum absolute atomic E-state index is 0.0472. The van der Waals surface area contributed by atoms with Gasteiger partial charge in [0.05, 0.1) is 12.1 Å². The Hall–Kier alpha value is -1.39. The largest absolute Gasteiger partial charge is 0.364 e. The van der Waals surface area contributed by atoms with Crippen LogP contribution in [0.15, 0.2) is 24.3 Å². The van der Waals surface area contributed by atoms with E-state index in [-0.39, 0.29) is 24.2 Å². The van der Waals surface area contributed by atoms with Crippen molar-refractivity contribution in [3.05, 3.63) is 35.4 Å². The summed E-state index contributed by atoms with van der Waals surface area (Å²) in [7, 11) is 1.91. The van der Waals surface area contributed by atoms with Crippen LogP contribution in [0.4, 0.5) is 0 Å². The lowest BCUT2D eigenvalue weighted by Crippen LogP contribution is -2.40. The molecule has 21 heavy (non-hydrogen) atoms. The molecule has 0 bridgehead atoms. The lowest BCUT2D eigenvalue weighted by atomic mass is 9.87. The van der Waals surface area contributed by atoms with Crippen molar-refractivity contribution in [2.75, 3.05) is 13.6 Å². The molecule has 0 radical (unpaired) electrons. The predicted octanol–water partition coefficient (Wildman–Crippen LogP) is 2.03. The van der Waals surface area contributed by atoms with Crippen molar-refractivity contribution >= 4 is 5.91 Å². The van der Waals surface area contributed by atoms with Gasteiger partial charge in [-0.2, -0.15) is 0 Å². The lowest BCUT2D eigenvalue weighted by Gasteiger charge is -2.34. The summed E-state index contributed by atoms with van der Waals surface area (Å²) in [5.74, 6) is 0.104. The Labute approximate surface area is 126 Å². The fraction of sp³-hybridized carbons (Fsp3) is 0.588. The van der Waals surface area contributed by atoms with Gasteiger partial charge in [0.15, 0.2) is 0 Å². The molecule has 4 heteroatoms. The van der Waals surface area contributed by atoms with Crippen LogP contribution in [0, 0.1) is 0 Å². The molecule has 0 aromatic heterocycles. The third kappa shape index (κ3) is 2.83. The first-order chi connectivity index (χ1) is 10.2. The van der Waals surface area contributed by atoms with Crippen molar-refractivity contribution in [2.45, 2.75) is 50.4 Å². The molecule has 3 unspecified atom stereocenters. The van der Waals surface area contributed by atoms with Gasteiger partial charge in [0, 0.05) is 13.6 Å². The molecule has 0 saturated carbocycles. The summed E-state index contributed by atoms with van der Waals surface area (Å²) in [6.45, 7) is 0.500. The summed E-state index contributed by atoms with van der Waals surface area (Å²) >= 11 is 0. The van der Waals surface area contributed by atoms with E-state index in [1.165, 1.54) is 11.1 Å². The molecule has 3 rings (SSSR count). The number of carbonyl (C=O) groups is 1. The maximum Gasteiger partial charge on any atom is 0.251 e. The molecule has 0 spiro atoms. The second kappa shape index (κ2) is 6.16. The Balaban J connectivity index is 1.74. The molecule has 1 aliphatic heterocycles. The van der Waals surface area contributed by atoms with Crippen LogP contribution >= 0.6 is 0 Å². The number of ether oxygens (including phenoxy) is 1. The highest BCUT2D eigenvalue weighted by Crippen LogP contribution is 2.34. The SMILES string of the molecule is CN(C(=O)C1CCC(CN)O1)C1CCCc2ccccc21. The van der Waals surface area contributed by atoms with E-state index in [1.807, 2.05) is 11.9 Å². The minimum Gasteiger partial charge on any atom is -0.364 e. The third-order valence-corrected chi connectivity index (χ3v) is 4.80. The molecule has 4 nitrogen and oxygen atoms in total. The fourth-order valence-electron chi connectivity index (χ4n) is 3.57. The number of hydrogen-bond acceptors (Lipinski definition) is 3. The monoisotopic (exact) mass is 288 g/mol. The number of rotatable bonds is 3. The molecule has 1 fully saturated rings. The molecule has 1 amide bonds. The van der Waals surface area contributed by atoms with Gasteiger partial charge >= 0.3 is 0 Å². The number of amides is 1. The number of nitrogens with zero attached hydrogens (tertiary/aromatic N) is 1. The summed E-state index contributed by atoms with van der Waals surface area (Å²) in [5, 5.41) is 0. The molecule has 3 atom stereocenters. The van der Waals surface area contributed by atoms with Gasteiger partial charge in [0.1, 0.15) is 6.10 Å². The smallest absolute Gasteiger partial charge is 0.251 e. The average Bonchev–Trinajstić information content (AvgIpc) is 3.02. The van der Waals surface area contributed by atoms with Crippen LogP contribution in [-0.4, -0.2) is 36.6 Å². The Bertz CT molecular complexity index is 517. The topological polar surface area (TPSA) is 55.6 Å². The Morgan fingerprint density at radius 2 is 2.14 bits per heavy atom. The van der Waals surface area contributed by atoms with Gasteiger partial charge in [-0.25, -0.2) is 0 Å². The predicted molar refractivity (Wildman–Crippen MR) is 81.8 cm³/mol. The zero-order valence-electron chi connectivity index (χ0n) is 12.6. The molecule has 1 aromatic carbocycles. The maximum atomic E-state index is 12.7. The van der Waals surface area contributed by atoms with Gasteiger partial charge in [-0.1, -0.05) is 24.3 Å². The fourth-order valence-corrected chi connectivity index (χ4v) is 3.57. The molecular weight excluding hydrogens is 264 g/mol. The van der Waals surface area contributed by atoms with E-state index < -0.39 is 0 Å². The van der Waals surface area contributed by atoms with Crippen LogP contribution in [0.2, 0.25) is 0 Å². The normalized spacial score (nSPS) is 28.2. The van der Waals surface area contributed by atoms with E-state index in [9.17, 15) is 4.79 Å². The quantitative estimate of drug-likeness (QED) is 0.926. The van der Waals surface area contributed by atoms with Gasteiger partial charge in [0.2, 0.25) is 0 Å². The van der Waals surface area contributed by atoms with Gasteiger partial charge in [0.25, 0.3) is 5.91 Å². The average molecular weight is 288 g/mol. The van der Waals surface area contributed by atoms with Crippen LogP contribution in [0.5, 0.6) is 0 Å². The number of benzene rings is 1. The lowest BCUT2D eigenvalue weighted by molar-refractivity contribution is -0.144. The molecule has 2 aliphatic rings. The first-order valence-electron chi connectivity index (χ1n) is 7.90.